The van der Waals surface area contributed by atoms with Crippen molar-refractivity contribution in [2.45, 2.75) is 91.9 Å². The highest BCUT2D eigenvalue weighted by Gasteiger charge is 2.30. The van der Waals surface area contributed by atoms with Crippen LogP contribution in [-0.2, 0) is 6.42 Å². The number of benzene rings is 7. The van der Waals surface area contributed by atoms with Gasteiger partial charge in [-0.15, -0.1) is 0 Å². The van der Waals surface area contributed by atoms with Crippen LogP contribution in [0, 0.1) is 20.8 Å². The number of rotatable bonds is 5. The lowest BCUT2D eigenvalue weighted by Gasteiger charge is -2.20. The van der Waals surface area contributed by atoms with E-state index in [1.54, 1.807) is 0 Å². The standard InChI is InChI=1S/C36H32.C17H18.C3H8/c1-24-11-7-8-14-30(24)34-22-28(18-17-25(34)2)29-19-20-33-35(21-26(3)27-12-5-4-6-13-27)31-15-9-10-16-32(31)36(33)23-29;1-12-7-10-15-13(2)8-9-14-5-3-4-6-16(14)17(15)11-12;1-3-2/h4-20,22-23,26,35H,21H2,1-3H3;3-7,10-11,13H,8-9H2,1-2H3;3H2,1-2H3. The van der Waals surface area contributed by atoms with Crippen LogP contribution in [0.2, 0.25) is 0 Å². The summed E-state index contributed by atoms with van der Waals surface area (Å²) >= 11 is 0. The molecule has 0 N–H and O–H groups in total. The van der Waals surface area contributed by atoms with Crippen molar-refractivity contribution in [2.24, 2.45) is 0 Å². The lowest BCUT2D eigenvalue weighted by atomic mass is 9.84. The van der Waals surface area contributed by atoms with Crippen molar-refractivity contribution < 1.29 is 0 Å². The SMILES string of the molecule is CCC.Cc1ccc2c(c1)-c1ccccc1CCC2C.Cc1ccccc1-c1cc(-c2ccc3c(c2)-c2ccccc2C3CC(C)c2ccccc2)ccc1C. The highest BCUT2D eigenvalue weighted by molar-refractivity contribution is 5.85. The lowest BCUT2D eigenvalue weighted by molar-refractivity contribution is 0.625. The van der Waals surface area contributed by atoms with Crippen LogP contribution in [0.5, 0.6) is 0 Å². The topological polar surface area (TPSA) is 0 Å². The van der Waals surface area contributed by atoms with E-state index in [0.717, 1.165) is 6.42 Å². The molecule has 9 rings (SSSR count). The molecule has 0 saturated heterocycles. The second-order valence-electron chi connectivity index (χ2n) is 16.2. The van der Waals surface area contributed by atoms with E-state index in [0.29, 0.717) is 17.8 Å². The average Bonchev–Trinajstić information content (AvgIpc) is 3.45. The quantitative estimate of drug-likeness (QED) is 0.165. The Morgan fingerprint density at radius 1 is 0.500 bits per heavy atom. The van der Waals surface area contributed by atoms with Crippen LogP contribution >= 0.6 is 0 Å². The summed E-state index contributed by atoms with van der Waals surface area (Å²) in [5.74, 6) is 1.60. The summed E-state index contributed by atoms with van der Waals surface area (Å²) in [5, 5.41) is 0. The molecule has 7 aromatic carbocycles. The molecule has 2 aliphatic rings. The molecule has 0 heterocycles. The molecule has 3 unspecified atom stereocenters. The minimum absolute atomic E-state index is 0.431. The Balaban J connectivity index is 0.000000200. The molecule has 0 fully saturated rings. The summed E-state index contributed by atoms with van der Waals surface area (Å²) < 4.78 is 0. The second-order valence-corrected chi connectivity index (χ2v) is 16.2. The fourth-order valence-corrected chi connectivity index (χ4v) is 8.84. The van der Waals surface area contributed by atoms with Crippen molar-refractivity contribution in [2.75, 3.05) is 0 Å². The van der Waals surface area contributed by atoms with E-state index in [1.165, 1.54) is 108 Å². The molecule has 0 spiro atoms. The van der Waals surface area contributed by atoms with Gasteiger partial charge in [-0.25, -0.2) is 0 Å². The maximum absolute atomic E-state index is 2.42. The largest absolute Gasteiger partial charge is 0.0656 e. The van der Waals surface area contributed by atoms with Crippen LogP contribution in [0.25, 0.3) is 44.5 Å². The summed E-state index contributed by atoms with van der Waals surface area (Å²) in [5.41, 5.74) is 22.2. The van der Waals surface area contributed by atoms with Crippen LogP contribution in [0.1, 0.15) is 109 Å². The summed E-state index contributed by atoms with van der Waals surface area (Å²) in [6, 6.07) is 58.4. The molecule has 0 nitrogen and oxygen atoms in total. The minimum atomic E-state index is 0.431. The van der Waals surface area contributed by atoms with Gasteiger partial charge in [0.05, 0.1) is 0 Å². The molecule has 0 radical (unpaired) electrons. The zero-order valence-electron chi connectivity index (χ0n) is 34.6. The third kappa shape index (κ3) is 8.22. The van der Waals surface area contributed by atoms with Gasteiger partial charge >= 0.3 is 0 Å². The van der Waals surface area contributed by atoms with Crippen LogP contribution in [0.3, 0.4) is 0 Å². The van der Waals surface area contributed by atoms with Crippen LogP contribution in [-0.4, -0.2) is 0 Å². The summed E-state index contributed by atoms with van der Waals surface area (Å²) in [6.45, 7) is 15.6. The van der Waals surface area contributed by atoms with Gasteiger partial charge in [-0.3, -0.25) is 0 Å². The first kappa shape index (κ1) is 38.8. The predicted octanol–water partition coefficient (Wildman–Crippen LogP) is 16.1. The lowest BCUT2D eigenvalue weighted by Crippen LogP contribution is -2.03. The van der Waals surface area contributed by atoms with Crippen molar-refractivity contribution in [3.05, 3.63) is 202 Å². The Labute approximate surface area is 337 Å². The molecule has 0 heteroatoms. The molecule has 56 heavy (non-hydrogen) atoms. The van der Waals surface area contributed by atoms with Gasteiger partial charge in [-0.05, 0) is 147 Å². The molecular formula is C56H58. The second kappa shape index (κ2) is 17.6. The molecule has 3 atom stereocenters. The van der Waals surface area contributed by atoms with Crippen LogP contribution in [0.15, 0.2) is 158 Å². The van der Waals surface area contributed by atoms with Gasteiger partial charge in [-0.1, -0.05) is 185 Å². The number of hydrogen-bond donors (Lipinski definition) is 0. The maximum atomic E-state index is 2.42. The van der Waals surface area contributed by atoms with Crippen molar-refractivity contribution in [1.82, 2.24) is 0 Å². The number of aryl methyl sites for hydroxylation is 4. The Bertz CT molecular complexity index is 2410. The van der Waals surface area contributed by atoms with Crippen LogP contribution < -0.4 is 0 Å². The normalized spacial score (nSPS) is 15.3. The van der Waals surface area contributed by atoms with Gasteiger partial charge in [0, 0.05) is 5.92 Å². The Kier molecular flexibility index (Phi) is 12.2. The van der Waals surface area contributed by atoms with Crippen molar-refractivity contribution >= 4 is 0 Å². The zero-order valence-corrected chi connectivity index (χ0v) is 34.6. The smallest absolute Gasteiger partial charge is 0.0107 e. The first-order valence-electron chi connectivity index (χ1n) is 20.9. The molecule has 7 aromatic rings. The van der Waals surface area contributed by atoms with E-state index in [2.05, 4.69) is 206 Å². The third-order valence-corrected chi connectivity index (χ3v) is 11.9. The van der Waals surface area contributed by atoms with E-state index in [1.807, 2.05) is 0 Å². The van der Waals surface area contributed by atoms with Gasteiger partial charge in [0.25, 0.3) is 0 Å². The average molecular weight is 731 g/mol. The highest BCUT2D eigenvalue weighted by Crippen LogP contribution is 2.49. The van der Waals surface area contributed by atoms with Gasteiger partial charge in [0.2, 0.25) is 0 Å². The molecule has 0 bridgehead atoms. The fraction of sp³-hybridized carbons (Fsp3) is 0.250. The van der Waals surface area contributed by atoms with Gasteiger partial charge in [0.15, 0.2) is 0 Å². The van der Waals surface area contributed by atoms with E-state index in [-0.39, 0.29) is 0 Å². The van der Waals surface area contributed by atoms with Gasteiger partial charge < -0.3 is 0 Å². The van der Waals surface area contributed by atoms with Crippen LogP contribution in [0.4, 0.5) is 0 Å². The number of fused-ring (bicyclic) bond motifs is 6. The van der Waals surface area contributed by atoms with Gasteiger partial charge in [-0.2, -0.15) is 0 Å². The van der Waals surface area contributed by atoms with E-state index in [4.69, 9.17) is 0 Å². The third-order valence-electron chi connectivity index (χ3n) is 11.9. The van der Waals surface area contributed by atoms with Crippen molar-refractivity contribution in [3.8, 4) is 44.5 Å². The maximum Gasteiger partial charge on any atom is 0.0107 e. The Hall–Kier alpha value is -5.46. The zero-order chi connectivity index (χ0) is 39.2. The van der Waals surface area contributed by atoms with Crippen molar-refractivity contribution in [1.29, 1.82) is 0 Å². The molecule has 0 saturated carbocycles. The first-order chi connectivity index (χ1) is 27.3. The highest BCUT2D eigenvalue weighted by atomic mass is 14.3. The first-order valence-corrected chi connectivity index (χ1v) is 20.9. The summed E-state index contributed by atoms with van der Waals surface area (Å²) in [6.07, 6.45) is 4.83. The van der Waals surface area contributed by atoms with Crippen molar-refractivity contribution in [3.63, 3.8) is 0 Å². The van der Waals surface area contributed by atoms with E-state index < -0.39 is 0 Å². The Morgan fingerprint density at radius 3 is 1.80 bits per heavy atom. The molecule has 282 valence electrons. The van der Waals surface area contributed by atoms with E-state index in [9.17, 15) is 0 Å². The summed E-state index contributed by atoms with van der Waals surface area (Å²) in [7, 11) is 0. The molecule has 2 aliphatic carbocycles. The van der Waals surface area contributed by atoms with E-state index >= 15 is 0 Å². The minimum Gasteiger partial charge on any atom is -0.0656 e. The molecular weight excluding hydrogens is 673 g/mol. The predicted molar refractivity (Wildman–Crippen MR) is 243 cm³/mol. The summed E-state index contributed by atoms with van der Waals surface area (Å²) in [4.78, 5) is 0. The molecule has 0 aliphatic heterocycles. The molecule has 0 aromatic heterocycles. The fourth-order valence-electron chi connectivity index (χ4n) is 8.84. The monoisotopic (exact) mass is 730 g/mol. The number of hydrogen-bond acceptors (Lipinski definition) is 0. The van der Waals surface area contributed by atoms with Gasteiger partial charge in [0.1, 0.15) is 0 Å². The Morgan fingerprint density at radius 2 is 1.05 bits per heavy atom. The molecule has 0 amide bonds.